The van der Waals surface area contributed by atoms with Crippen molar-refractivity contribution in [1.29, 1.82) is 0 Å². The molecule has 1 aliphatic heterocycles. The van der Waals surface area contributed by atoms with Gasteiger partial charge in [0.2, 0.25) is 5.76 Å². The Kier molecular flexibility index (Phi) is 5.37. The Morgan fingerprint density at radius 3 is 2.65 bits per heavy atom. The Labute approximate surface area is 198 Å². The first-order valence-corrected chi connectivity index (χ1v) is 11.4. The van der Waals surface area contributed by atoms with E-state index in [-0.39, 0.29) is 33.4 Å². The second kappa shape index (κ2) is 8.39. The zero-order chi connectivity index (χ0) is 24.0. The monoisotopic (exact) mass is 472 g/mol. The molecule has 2 aromatic carbocycles. The molecule has 3 heterocycles. The van der Waals surface area contributed by atoms with Crippen molar-refractivity contribution in [2.24, 2.45) is 0 Å². The minimum atomic E-state index is -0.744. The lowest BCUT2D eigenvalue weighted by Gasteiger charge is -2.22. The van der Waals surface area contributed by atoms with Crippen molar-refractivity contribution in [2.45, 2.75) is 19.9 Å². The highest BCUT2D eigenvalue weighted by atomic mass is 32.1. The van der Waals surface area contributed by atoms with Gasteiger partial charge in [-0.05, 0) is 31.5 Å². The molecule has 0 radical (unpaired) electrons. The molecule has 4 aromatic rings. The number of carbonyl (C=O) groups is 2. The lowest BCUT2D eigenvalue weighted by atomic mass is 9.98. The number of hydrogen-bond acceptors (Lipinski definition) is 7. The van der Waals surface area contributed by atoms with Gasteiger partial charge in [0.05, 0.1) is 22.7 Å². The van der Waals surface area contributed by atoms with Crippen LogP contribution in [0.25, 0.3) is 11.0 Å². The molecule has 1 aliphatic rings. The van der Waals surface area contributed by atoms with Crippen molar-refractivity contribution >= 4 is 39.3 Å². The summed E-state index contributed by atoms with van der Waals surface area (Å²) >= 11 is 1.04. The number of thiazole rings is 1. The summed E-state index contributed by atoms with van der Waals surface area (Å²) in [7, 11) is 0. The summed E-state index contributed by atoms with van der Waals surface area (Å²) in [5.74, 6) is -1.04. The highest BCUT2D eigenvalue weighted by Crippen LogP contribution is 2.43. The maximum absolute atomic E-state index is 13.6. The fraction of sp³-hybridized carbons (Fsp3) is 0.154. The fourth-order valence-corrected chi connectivity index (χ4v) is 5.04. The van der Waals surface area contributed by atoms with Gasteiger partial charge in [-0.2, -0.15) is 0 Å². The average Bonchev–Trinajstić information content (AvgIpc) is 3.36. The third kappa shape index (κ3) is 3.43. The summed E-state index contributed by atoms with van der Waals surface area (Å²) < 4.78 is 11.1. The first-order chi connectivity index (χ1) is 16.4. The zero-order valence-corrected chi connectivity index (χ0v) is 19.3. The highest BCUT2D eigenvalue weighted by Gasteiger charge is 2.45. The van der Waals surface area contributed by atoms with Crippen LogP contribution in [0.15, 0.2) is 70.4 Å². The smallest absolute Gasteiger partial charge is 0.350 e. The predicted octanol–water partition coefficient (Wildman–Crippen LogP) is 4.96. The number of aryl methyl sites for hydroxylation is 2. The van der Waals surface area contributed by atoms with Gasteiger partial charge in [0, 0.05) is 0 Å². The van der Waals surface area contributed by atoms with Crippen LogP contribution in [0, 0.1) is 13.8 Å². The molecule has 1 amide bonds. The lowest BCUT2D eigenvalue weighted by molar-refractivity contribution is 0.0554. The number of aromatic nitrogens is 1. The standard InChI is InChI=1S/C26H20N2O5S/c1-4-13-32-25(31)23-15(3)27-26(34-23)28-20(16-11-9-14(2)10-12-16)19-21(29)17-7-5-6-8-18(17)33-22(19)24(28)30/h4-12,20H,1,13H2,2-3H3. The van der Waals surface area contributed by atoms with Crippen LogP contribution in [0.2, 0.25) is 0 Å². The second-order valence-electron chi connectivity index (χ2n) is 7.96. The number of ether oxygens (including phenoxy) is 1. The van der Waals surface area contributed by atoms with E-state index in [1.54, 1.807) is 31.2 Å². The van der Waals surface area contributed by atoms with Gasteiger partial charge in [-0.25, -0.2) is 9.78 Å². The van der Waals surface area contributed by atoms with Gasteiger partial charge in [-0.1, -0.05) is 66.0 Å². The molecule has 0 saturated carbocycles. The topological polar surface area (TPSA) is 89.7 Å². The summed E-state index contributed by atoms with van der Waals surface area (Å²) in [6, 6.07) is 13.7. The molecule has 0 fully saturated rings. The van der Waals surface area contributed by atoms with Crippen LogP contribution in [0.3, 0.4) is 0 Å². The third-order valence-corrected chi connectivity index (χ3v) is 6.82. The normalized spacial score (nSPS) is 14.9. The first kappa shape index (κ1) is 21.8. The molecule has 0 N–H and O–H groups in total. The van der Waals surface area contributed by atoms with E-state index in [1.165, 1.54) is 11.0 Å². The number of amides is 1. The van der Waals surface area contributed by atoms with Gasteiger partial charge < -0.3 is 9.15 Å². The van der Waals surface area contributed by atoms with Crippen LogP contribution in [0.1, 0.15) is 48.7 Å². The molecule has 2 aromatic heterocycles. The molecule has 0 aliphatic carbocycles. The van der Waals surface area contributed by atoms with Gasteiger partial charge >= 0.3 is 5.97 Å². The Morgan fingerprint density at radius 2 is 1.91 bits per heavy atom. The second-order valence-corrected chi connectivity index (χ2v) is 8.93. The summed E-state index contributed by atoms with van der Waals surface area (Å²) in [5.41, 5.74) is 2.55. The van der Waals surface area contributed by atoms with Gasteiger partial charge in [0.15, 0.2) is 10.6 Å². The van der Waals surface area contributed by atoms with Crippen LogP contribution in [-0.4, -0.2) is 23.5 Å². The van der Waals surface area contributed by atoms with Crippen molar-refractivity contribution < 1.29 is 18.7 Å². The third-order valence-electron chi connectivity index (χ3n) is 5.68. The van der Waals surface area contributed by atoms with Crippen LogP contribution in [-0.2, 0) is 4.74 Å². The summed E-state index contributed by atoms with van der Waals surface area (Å²) in [4.78, 5) is 45.9. The van der Waals surface area contributed by atoms with E-state index in [2.05, 4.69) is 11.6 Å². The minimum absolute atomic E-state index is 0.0158. The molecule has 0 saturated heterocycles. The largest absolute Gasteiger partial charge is 0.457 e. The van der Waals surface area contributed by atoms with E-state index in [0.29, 0.717) is 16.7 Å². The minimum Gasteiger partial charge on any atom is -0.457 e. The average molecular weight is 473 g/mol. The zero-order valence-electron chi connectivity index (χ0n) is 18.5. The number of anilines is 1. The molecule has 1 atom stereocenters. The van der Waals surface area contributed by atoms with E-state index in [1.807, 2.05) is 31.2 Å². The van der Waals surface area contributed by atoms with Crippen LogP contribution >= 0.6 is 11.3 Å². The lowest BCUT2D eigenvalue weighted by Crippen LogP contribution is -2.29. The summed E-state index contributed by atoms with van der Waals surface area (Å²) in [5, 5.41) is 0.686. The van der Waals surface area contributed by atoms with Crippen molar-refractivity contribution in [3.05, 3.63) is 104 Å². The van der Waals surface area contributed by atoms with Crippen LogP contribution < -0.4 is 10.3 Å². The van der Waals surface area contributed by atoms with Crippen LogP contribution in [0.5, 0.6) is 0 Å². The van der Waals surface area contributed by atoms with E-state index in [9.17, 15) is 14.4 Å². The van der Waals surface area contributed by atoms with E-state index < -0.39 is 17.9 Å². The number of benzene rings is 2. The van der Waals surface area contributed by atoms with E-state index in [4.69, 9.17) is 9.15 Å². The molecule has 5 rings (SSSR count). The maximum atomic E-state index is 13.6. The van der Waals surface area contributed by atoms with Crippen molar-refractivity contribution in [3.8, 4) is 0 Å². The van der Waals surface area contributed by atoms with Crippen LogP contribution in [0.4, 0.5) is 5.13 Å². The number of rotatable bonds is 5. The molecular weight excluding hydrogens is 452 g/mol. The number of para-hydroxylation sites is 1. The molecule has 34 heavy (non-hydrogen) atoms. The molecule has 1 unspecified atom stereocenters. The number of nitrogens with zero attached hydrogens (tertiary/aromatic N) is 2. The van der Waals surface area contributed by atoms with Gasteiger partial charge in [-0.3, -0.25) is 14.5 Å². The summed E-state index contributed by atoms with van der Waals surface area (Å²) in [6.07, 6.45) is 1.48. The fourth-order valence-electron chi connectivity index (χ4n) is 4.06. The van der Waals surface area contributed by atoms with E-state index >= 15 is 0 Å². The Bertz CT molecular complexity index is 1520. The molecule has 170 valence electrons. The molecule has 7 nitrogen and oxygen atoms in total. The summed E-state index contributed by atoms with van der Waals surface area (Å²) in [6.45, 7) is 7.25. The quantitative estimate of drug-likeness (QED) is 0.301. The molecular formula is C26H20N2O5S. The Hall–Kier alpha value is -4.04. The Morgan fingerprint density at radius 1 is 1.18 bits per heavy atom. The van der Waals surface area contributed by atoms with Crippen molar-refractivity contribution in [2.75, 3.05) is 11.5 Å². The Balaban J connectivity index is 1.71. The molecule has 8 heteroatoms. The first-order valence-electron chi connectivity index (χ1n) is 10.6. The van der Waals surface area contributed by atoms with E-state index in [0.717, 1.165) is 22.5 Å². The van der Waals surface area contributed by atoms with Crippen molar-refractivity contribution in [3.63, 3.8) is 0 Å². The molecule has 0 bridgehead atoms. The maximum Gasteiger partial charge on any atom is 0.350 e. The molecule has 0 spiro atoms. The number of esters is 1. The number of carbonyl (C=O) groups excluding carboxylic acids is 2. The highest BCUT2D eigenvalue weighted by molar-refractivity contribution is 7.17. The van der Waals surface area contributed by atoms with Gasteiger partial charge in [0.1, 0.15) is 17.1 Å². The predicted molar refractivity (Wildman–Crippen MR) is 130 cm³/mol. The number of hydrogen-bond donors (Lipinski definition) is 0. The number of fused-ring (bicyclic) bond motifs is 2. The van der Waals surface area contributed by atoms with Crippen molar-refractivity contribution in [1.82, 2.24) is 4.98 Å². The van der Waals surface area contributed by atoms with Gasteiger partial charge in [0.25, 0.3) is 5.91 Å². The van der Waals surface area contributed by atoms with Gasteiger partial charge in [-0.15, -0.1) is 0 Å². The SMILES string of the molecule is C=CCOC(=O)c1sc(N2C(=O)c3oc4ccccc4c(=O)c3C2c2ccc(C)cc2)nc1C.